The van der Waals surface area contributed by atoms with E-state index < -0.39 is 0 Å². The Hall–Kier alpha value is -5.20. The molecule has 8 rings (SSSR count). The first-order valence-electron chi connectivity index (χ1n) is 13.9. The number of hydrogen-bond donors (Lipinski definition) is 0. The van der Waals surface area contributed by atoms with Crippen LogP contribution in [0.2, 0.25) is 0 Å². The Kier molecular flexibility index (Phi) is 5.24. The minimum atomic E-state index is 1.23. The normalized spacial score (nSPS) is 11.5. The van der Waals surface area contributed by atoms with Gasteiger partial charge < -0.3 is 0 Å². The van der Waals surface area contributed by atoms with Gasteiger partial charge in [-0.05, 0) is 88.6 Å². The smallest absolute Gasteiger partial charge is 0.00201 e. The van der Waals surface area contributed by atoms with E-state index in [1.807, 2.05) is 0 Å². The molecule has 0 saturated carbocycles. The maximum Gasteiger partial charge on any atom is -0.00201 e. The summed E-state index contributed by atoms with van der Waals surface area (Å²) >= 11 is 0. The molecular weight excluding hydrogens is 480 g/mol. The van der Waals surface area contributed by atoms with E-state index in [1.54, 1.807) is 0 Å². The van der Waals surface area contributed by atoms with Crippen molar-refractivity contribution in [3.8, 4) is 33.4 Å². The van der Waals surface area contributed by atoms with Crippen LogP contribution in [0.3, 0.4) is 0 Å². The number of benzene rings is 8. The molecule has 0 aliphatic rings. The number of fused-ring (bicyclic) bond motifs is 4. The first kappa shape index (κ1) is 22.8. The van der Waals surface area contributed by atoms with Crippen LogP contribution in [-0.2, 0) is 0 Å². The van der Waals surface area contributed by atoms with Crippen LogP contribution in [0.15, 0.2) is 158 Å². The van der Waals surface area contributed by atoms with E-state index in [2.05, 4.69) is 158 Å². The predicted octanol–water partition coefficient (Wildman–Crippen LogP) is 11.3. The van der Waals surface area contributed by atoms with Crippen LogP contribution >= 0.6 is 0 Å². The van der Waals surface area contributed by atoms with Crippen molar-refractivity contribution in [2.75, 3.05) is 0 Å². The maximum absolute atomic E-state index is 2.38. The third kappa shape index (κ3) is 3.61. The van der Waals surface area contributed by atoms with Crippen molar-refractivity contribution in [3.63, 3.8) is 0 Å². The van der Waals surface area contributed by atoms with E-state index in [9.17, 15) is 0 Å². The van der Waals surface area contributed by atoms with Crippen molar-refractivity contribution in [2.24, 2.45) is 0 Å². The molecule has 0 heteroatoms. The predicted molar refractivity (Wildman–Crippen MR) is 173 cm³/mol. The van der Waals surface area contributed by atoms with E-state index in [0.29, 0.717) is 0 Å². The van der Waals surface area contributed by atoms with E-state index in [0.717, 1.165) is 0 Å². The third-order valence-corrected chi connectivity index (χ3v) is 8.23. The van der Waals surface area contributed by atoms with Crippen LogP contribution in [0.5, 0.6) is 0 Å². The fourth-order valence-corrected chi connectivity index (χ4v) is 6.38. The zero-order valence-electron chi connectivity index (χ0n) is 22.0. The highest BCUT2D eigenvalue weighted by atomic mass is 14.2. The van der Waals surface area contributed by atoms with Crippen molar-refractivity contribution in [3.05, 3.63) is 158 Å². The number of hydrogen-bond acceptors (Lipinski definition) is 0. The summed E-state index contributed by atoms with van der Waals surface area (Å²) in [6.45, 7) is 0. The van der Waals surface area contributed by atoms with E-state index >= 15 is 0 Å². The second kappa shape index (κ2) is 9.22. The van der Waals surface area contributed by atoms with Gasteiger partial charge in [0, 0.05) is 0 Å². The fraction of sp³-hybridized carbons (Fsp3) is 0. The van der Waals surface area contributed by atoms with Crippen LogP contribution < -0.4 is 0 Å². The van der Waals surface area contributed by atoms with Gasteiger partial charge in [-0.2, -0.15) is 0 Å². The molecule has 0 bridgehead atoms. The Bertz CT molecular complexity index is 2200. The lowest BCUT2D eigenvalue weighted by molar-refractivity contribution is 1.61. The summed E-state index contributed by atoms with van der Waals surface area (Å²) in [7, 11) is 0. The molecule has 0 nitrogen and oxygen atoms in total. The van der Waals surface area contributed by atoms with Crippen LogP contribution in [0.25, 0.3) is 76.5 Å². The van der Waals surface area contributed by atoms with Crippen molar-refractivity contribution in [1.29, 1.82) is 0 Å². The first-order chi connectivity index (χ1) is 19.8. The summed E-state index contributed by atoms with van der Waals surface area (Å²) in [6, 6.07) is 57.7. The van der Waals surface area contributed by atoms with Gasteiger partial charge in [-0.15, -0.1) is 0 Å². The molecule has 0 saturated heterocycles. The van der Waals surface area contributed by atoms with Gasteiger partial charge in [0.05, 0.1) is 0 Å². The van der Waals surface area contributed by atoms with Crippen molar-refractivity contribution in [1.82, 2.24) is 0 Å². The SMILES string of the molecule is c1ccc(-c2ccc3cc4ccccc4cc3c2-c2ccc3ccccc3c2-c2cccc3ccccc23)cc1. The van der Waals surface area contributed by atoms with Gasteiger partial charge in [0.2, 0.25) is 0 Å². The monoisotopic (exact) mass is 506 g/mol. The van der Waals surface area contributed by atoms with E-state index in [1.165, 1.54) is 76.5 Å². The number of rotatable bonds is 3. The summed E-state index contributed by atoms with van der Waals surface area (Å²) in [6.07, 6.45) is 0. The second-order valence-corrected chi connectivity index (χ2v) is 10.5. The van der Waals surface area contributed by atoms with Gasteiger partial charge >= 0.3 is 0 Å². The zero-order chi connectivity index (χ0) is 26.5. The van der Waals surface area contributed by atoms with Gasteiger partial charge in [0.25, 0.3) is 0 Å². The molecule has 0 aromatic heterocycles. The lowest BCUT2D eigenvalue weighted by Gasteiger charge is -2.21. The molecule has 0 radical (unpaired) electrons. The highest BCUT2D eigenvalue weighted by Crippen LogP contribution is 2.47. The van der Waals surface area contributed by atoms with Gasteiger partial charge in [-0.25, -0.2) is 0 Å². The minimum Gasteiger partial charge on any atom is -0.0622 e. The quantitative estimate of drug-likeness (QED) is 0.209. The standard InChI is InChI=1S/C40H26/c1-2-11-28(12-3-1)35-23-22-32-25-30-15-4-5-16-31(30)26-38(32)40(35)37-24-21-29-14-7-9-19-34(29)39(37)36-20-10-17-27-13-6-8-18-33(27)36/h1-26H. The van der Waals surface area contributed by atoms with Crippen molar-refractivity contribution in [2.45, 2.75) is 0 Å². The second-order valence-electron chi connectivity index (χ2n) is 10.5. The highest BCUT2D eigenvalue weighted by molar-refractivity contribution is 6.17. The molecule has 8 aromatic rings. The Morgan fingerprint density at radius 2 is 0.800 bits per heavy atom. The van der Waals surface area contributed by atoms with Crippen LogP contribution in [-0.4, -0.2) is 0 Å². The maximum atomic E-state index is 2.38. The lowest BCUT2D eigenvalue weighted by atomic mass is 9.82. The average molecular weight is 507 g/mol. The molecule has 0 fully saturated rings. The van der Waals surface area contributed by atoms with E-state index in [4.69, 9.17) is 0 Å². The topological polar surface area (TPSA) is 0 Å². The van der Waals surface area contributed by atoms with Crippen molar-refractivity contribution < 1.29 is 0 Å². The summed E-state index contributed by atoms with van der Waals surface area (Å²) in [5, 5.41) is 10.1. The molecule has 40 heavy (non-hydrogen) atoms. The Morgan fingerprint density at radius 1 is 0.250 bits per heavy atom. The molecule has 0 heterocycles. The summed E-state index contributed by atoms with van der Waals surface area (Å²) in [5.74, 6) is 0. The van der Waals surface area contributed by atoms with Crippen LogP contribution in [0.1, 0.15) is 0 Å². The highest BCUT2D eigenvalue weighted by Gasteiger charge is 2.19. The molecule has 0 aliphatic carbocycles. The molecule has 0 N–H and O–H groups in total. The molecule has 0 unspecified atom stereocenters. The van der Waals surface area contributed by atoms with E-state index in [-0.39, 0.29) is 0 Å². The fourth-order valence-electron chi connectivity index (χ4n) is 6.38. The van der Waals surface area contributed by atoms with Gasteiger partial charge in [0.1, 0.15) is 0 Å². The Balaban J connectivity index is 1.57. The third-order valence-electron chi connectivity index (χ3n) is 8.23. The molecule has 8 aromatic carbocycles. The summed E-state index contributed by atoms with van der Waals surface area (Å²) in [5.41, 5.74) is 7.57. The summed E-state index contributed by atoms with van der Waals surface area (Å²) in [4.78, 5) is 0. The van der Waals surface area contributed by atoms with Crippen LogP contribution in [0.4, 0.5) is 0 Å². The zero-order valence-corrected chi connectivity index (χ0v) is 22.0. The molecule has 0 aliphatic heterocycles. The lowest BCUT2D eigenvalue weighted by Crippen LogP contribution is -1.94. The molecule has 186 valence electrons. The Morgan fingerprint density at radius 3 is 1.60 bits per heavy atom. The van der Waals surface area contributed by atoms with Gasteiger partial charge in [0.15, 0.2) is 0 Å². The van der Waals surface area contributed by atoms with Gasteiger partial charge in [-0.1, -0.05) is 146 Å². The first-order valence-corrected chi connectivity index (χ1v) is 13.9. The minimum absolute atomic E-state index is 1.23. The molecule has 0 spiro atoms. The van der Waals surface area contributed by atoms with Gasteiger partial charge in [-0.3, -0.25) is 0 Å². The van der Waals surface area contributed by atoms with Crippen LogP contribution in [0, 0.1) is 0 Å². The largest absolute Gasteiger partial charge is 0.0622 e. The Labute approximate surface area is 233 Å². The molecular formula is C40H26. The van der Waals surface area contributed by atoms with Crippen molar-refractivity contribution >= 4 is 43.1 Å². The summed E-state index contributed by atoms with van der Waals surface area (Å²) < 4.78 is 0. The average Bonchev–Trinajstić information content (AvgIpc) is 3.03. The molecule has 0 amide bonds. The molecule has 0 atom stereocenters.